The van der Waals surface area contributed by atoms with Crippen molar-refractivity contribution in [1.29, 1.82) is 0 Å². The third-order valence-electron chi connectivity index (χ3n) is 2.22. The van der Waals surface area contributed by atoms with Gasteiger partial charge in [-0.05, 0) is 31.5 Å². The zero-order valence-electron chi connectivity index (χ0n) is 7.19. The highest BCUT2D eigenvalue weighted by Crippen LogP contribution is 2.12. The molecule has 0 spiro atoms. The van der Waals surface area contributed by atoms with Crippen molar-refractivity contribution in [3.63, 3.8) is 0 Å². The molecule has 0 aliphatic carbocycles. The Balaban J connectivity index is 2.24. The van der Waals surface area contributed by atoms with Gasteiger partial charge < -0.3 is 10.6 Å². The maximum atomic E-state index is 8.21. The van der Waals surface area contributed by atoms with E-state index in [1.54, 1.807) is 0 Å². The molecule has 5 nitrogen and oxygen atoms in total. The molecular weight excluding hydrogens is 154 g/mol. The Hall–Kier alpha value is -0.770. The molecule has 0 bridgehead atoms. The van der Waals surface area contributed by atoms with Gasteiger partial charge in [0.15, 0.2) is 0 Å². The summed E-state index contributed by atoms with van der Waals surface area (Å²) in [6.07, 6.45) is 1.95. The number of rotatable bonds is 3. The molecule has 1 aliphatic rings. The average molecular weight is 169 g/mol. The lowest BCUT2D eigenvalue weighted by Gasteiger charge is -2.29. The van der Waals surface area contributed by atoms with Crippen molar-refractivity contribution in [2.24, 2.45) is 10.8 Å². The van der Waals surface area contributed by atoms with E-state index < -0.39 is 0 Å². The second-order valence-electron chi connectivity index (χ2n) is 3.07. The molecule has 0 aromatic rings. The van der Waals surface area contributed by atoms with Crippen molar-refractivity contribution in [3.8, 4) is 0 Å². The number of nitrogens with two attached hydrogens (primary N) is 1. The zero-order chi connectivity index (χ0) is 8.81. The molecule has 1 aliphatic heterocycles. The minimum absolute atomic E-state index is 0.212. The van der Waals surface area contributed by atoms with Crippen molar-refractivity contribution in [1.82, 2.24) is 4.90 Å². The molecular formula is C7H15N5. The van der Waals surface area contributed by atoms with Crippen LogP contribution in [0.1, 0.15) is 12.8 Å². The second kappa shape index (κ2) is 4.98. The first-order valence-corrected chi connectivity index (χ1v) is 4.33. The fourth-order valence-corrected chi connectivity index (χ4v) is 1.51. The summed E-state index contributed by atoms with van der Waals surface area (Å²) in [5.41, 5.74) is 13.6. The fraction of sp³-hybridized carbons (Fsp3) is 1.00. The molecule has 1 heterocycles. The summed E-state index contributed by atoms with van der Waals surface area (Å²) in [5.74, 6) is 0. The number of hydrogen-bond acceptors (Lipinski definition) is 3. The van der Waals surface area contributed by atoms with Crippen LogP contribution in [0.25, 0.3) is 10.4 Å². The van der Waals surface area contributed by atoms with Crippen molar-refractivity contribution in [2.45, 2.75) is 18.9 Å². The quantitative estimate of drug-likeness (QED) is 0.384. The van der Waals surface area contributed by atoms with Gasteiger partial charge in [-0.3, -0.25) is 0 Å². The average Bonchev–Trinajstić information content (AvgIpc) is 2.09. The fourth-order valence-electron chi connectivity index (χ4n) is 1.51. The molecule has 0 amide bonds. The number of azide groups is 1. The van der Waals surface area contributed by atoms with E-state index in [1.807, 2.05) is 0 Å². The lowest BCUT2D eigenvalue weighted by Crippen LogP contribution is -2.38. The molecule has 0 aromatic carbocycles. The van der Waals surface area contributed by atoms with Gasteiger partial charge in [-0.1, -0.05) is 5.11 Å². The molecule has 1 fully saturated rings. The standard InChI is InChI=1S/C7H15N5/c8-3-6-12-4-1-7(2-5-12)10-11-9/h7H,1-6,8H2. The summed E-state index contributed by atoms with van der Waals surface area (Å²) in [7, 11) is 0. The number of nitrogens with zero attached hydrogens (tertiary/aromatic N) is 4. The highest BCUT2D eigenvalue weighted by atomic mass is 15.2. The second-order valence-corrected chi connectivity index (χ2v) is 3.07. The smallest absolute Gasteiger partial charge is 0.0398 e. The first-order valence-electron chi connectivity index (χ1n) is 4.33. The van der Waals surface area contributed by atoms with Crippen LogP contribution >= 0.6 is 0 Å². The summed E-state index contributed by atoms with van der Waals surface area (Å²) in [5, 5.41) is 3.70. The molecule has 0 saturated carbocycles. The summed E-state index contributed by atoms with van der Waals surface area (Å²) < 4.78 is 0. The molecule has 68 valence electrons. The van der Waals surface area contributed by atoms with Gasteiger partial charge in [0.25, 0.3) is 0 Å². The third kappa shape index (κ3) is 2.70. The molecule has 1 saturated heterocycles. The lowest BCUT2D eigenvalue weighted by molar-refractivity contribution is 0.218. The van der Waals surface area contributed by atoms with E-state index in [1.165, 1.54) is 0 Å². The van der Waals surface area contributed by atoms with E-state index in [9.17, 15) is 0 Å². The van der Waals surface area contributed by atoms with E-state index >= 15 is 0 Å². The van der Waals surface area contributed by atoms with E-state index in [0.717, 1.165) is 32.5 Å². The number of hydrogen-bond donors (Lipinski definition) is 1. The van der Waals surface area contributed by atoms with Gasteiger partial charge in [-0.25, -0.2) is 0 Å². The molecule has 0 radical (unpaired) electrons. The van der Waals surface area contributed by atoms with E-state index in [-0.39, 0.29) is 6.04 Å². The largest absolute Gasteiger partial charge is 0.329 e. The van der Waals surface area contributed by atoms with Gasteiger partial charge in [-0.2, -0.15) is 0 Å². The Morgan fingerprint density at radius 2 is 2.17 bits per heavy atom. The van der Waals surface area contributed by atoms with E-state index in [4.69, 9.17) is 11.3 Å². The van der Waals surface area contributed by atoms with Gasteiger partial charge in [0.2, 0.25) is 0 Å². The molecule has 0 atom stereocenters. The minimum Gasteiger partial charge on any atom is -0.329 e. The first kappa shape index (κ1) is 9.32. The number of likely N-dealkylation sites (tertiary alicyclic amines) is 1. The molecule has 0 aromatic heterocycles. The van der Waals surface area contributed by atoms with E-state index in [0.29, 0.717) is 6.54 Å². The minimum atomic E-state index is 0.212. The van der Waals surface area contributed by atoms with Gasteiger partial charge in [0.1, 0.15) is 0 Å². The molecule has 2 N–H and O–H groups in total. The predicted octanol–water partition coefficient (Wildman–Crippen LogP) is 0.720. The first-order chi connectivity index (χ1) is 5.86. The van der Waals surface area contributed by atoms with Gasteiger partial charge in [0, 0.05) is 24.0 Å². The van der Waals surface area contributed by atoms with Crippen LogP contribution in [0, 0.1) is 0 Å². The van der Waals surface area contributed by atoms with Crippen LogP contribution in [-0.4, -0.2) is 37.1 Å². The van der Waals surface area contributed by atoms with Crippen LogP contribution in [0.5, 0.6) is 0 Å². The van der Waals surface area contributed by atoms with E-state index in [2.05, 4.69) is 14.9 Å². The molecule has 12 heavy (non-hydrogen) atoms. The summed E-state index contributed by atoms with van der Waals surface area (Å²) in [6.45, 7) is 3.71. The predicted molar refractivity (Wildman–Crippen MR) is 47.7 cm³/mol. The van der Waals surface area contributed by atoms with Crippen LogP contribution in [-0.2, 0) is 0 Å². The Morgan fingerprint density at radius 3 is 2.67 bits per heavy atom. The van der Waals surface area contributed by atoms with Crippen molar-refractivity contribution in [2.75, 3.05) is 26.2 Å². The third-order valence-corrected chi connectivity index (χ3v) is 2.22. The molecule has 1 rings (SSSR count). The highest BCUT2D eigenvalue weighted by molar-refractivity contribution is 4.77. The van der Waals surface area contributed by atoms with Crippen LogP contribution in [0.4, 0.5) is 0 Å². The van der Waals surface area contributed by atoms with Gasteiger partial charge in [0.05, 0.1) is 0 Å². The van der Waals surface area contributed by atoms with Crippen molar-refractivity contribution in [3.05, 3.63) is 10.4 Å². The Morgan fingerprint density at radius 1 is 1.50 bits per heavy atom. The summed E-state index contributed by atoms with van der Waals surface area (Å²) in [4.78, 5) is 5.12. The Labute approximate surface area is 72.2 Å². The SMILES string of the molecule is [N-]=[N+]=NC1CCN(CCN)CC1. The maximum Gasteiger partial charge on any atom is 0.0398 e. The van der Waals surface area contributed by atoms with Crippen LogP contribution < -0.4 is 5.73 Å². The normalized spacial score (nSPS) is 20.4. The van der Waals surface area contributed by atoms with Crippen LogP contribution in [0.2, 0.25) is 0 Å². The maximum absolute atomic E-state index is 8.21. The Bertz CT molecular complexity index is 167. The molecule has 0 unspecified atom stereocenters. The highest BCUT2D eigenvalue weighted by Gasteiger charge is 2.16. The van der Waals surface area contributed by atoms with Gasteiger partial charge >= 0.3 is 0 Å². The zero-order valence-corrected chi connectivity index (χ0v) is 7.19. The van der Waals surface area contributed by atoms with Crippen LogP contribution in [0.3, 0.4) is 0 Å². The Kier molecular flexibility index (Phi) is 3.87. The van der Waals surface area contributed by atoms with Crippen molar-refractivity contribution >= 4 is 0 Å². The number of piperidine rings is 1. The monoisotopic (exact) mass is 169 g/mol. The van der Waals surface area contributed by atoms with Gasteiger partial charge in [-0.15, -0.1) is 0 Å². The lowest BCUT2D eigenvalue weighted by atomic mass is 10.1. The summed E-state index contributed by atoms with van der Waals surface area (Å²) in [6, 6.07) is 0.212. The topological polar surface area (TPSA) is 78.0 Å². The van der Waals surface area contributed by atoms with Crippen LogP contribution in [0.15, 0.2) is 5.11 Å². The molecule has 5 heteroatoms. The van der Waals surface area contributed by atoms with Crippen molar-refractivity contribution < 1.29 is 0 Å². The summed E-state index contributed by atoms with van der Waals surface area (Å²) >= 11 is 0.